The van der Waals surface area contributed by atoms with Gasteiger partial charge in [0.15, 0.2) is 17.3 Å². The van der Waals surface area contributed by atoms with E-state index < -0.39 is 11.9 Å². The quantitative estimate of drug-likeness (QED) is 0.449. The van der Waals surface area contributed by atoms with Crippen molar-refractivity contribution < 1.29 is 28.5 Å². The summed E-state index contributed by atoms with van der Waals surface area (Å²) in [6, 6.07) is 3.60. The van der Waals surface area contributed by atoms with Gasteiger partial charge in [0, 0.05) is 29.0 Å². The summed E-state index contributed by atoms with van der Waals surface area (Å²) in [5, 5.41) is 3.35. The van der Waals surface area contributed by atoms with Gasteiger partial charge in [-0.3, -0.25) is 4.79 Å². The Bertz CT molecular complexity index is 1000. The summed E-state index contributed by atoms with van der Waals surface area (Å²) in [6.45, 7) is 8.38. The fraction of sp³-hybridized carbons (Fsp3) is 0.538. The lowest BCUT2D eigenvalue weighted by atomic mass is 9.68. The van der Waals surface area contributed by atoms with E-state index in [2.05, 4.69) is 19.2 Å². The van der Waals surface area contributed by atoms with Crippen LogP contribution in [-0.4, -0.2) is 39.7 Å². The van der Waals surface area contributed by atoms with Crippen molar-refractivity contribution in [2.75, 3.05) is 27.9 Å². The molecule has 7 heteroatoms. The van der Waals surface area contributed by atoms with E-state index in [9.17, 15) is 9.59 Å². The van der Waals surface area contributed by atoms with Crippen molar-refractivity contribution in [3.8, 4) is 17.2 Å². The largest absolute Gasteiger partial charge is 0.493 e. The van der Waals surface area contributed by atoms with Crippen LogP contribution in [0, 0.1) is 5.41 Å². The highest BCUT2D eigenvalue weighted by atomic mass is 16.5. The maximum absolute atomic E-state index is 13.5. The van der Waals surface area contributed by atoms with Gasteiger partial charge < -0.3 is 24.3 Å². The maximum atomic E-state index is 13.5. The normalized spacial score (nSPS) is 19.6. The third-order valence-electron chi connectivity index (χ3n) is 6.24. The lowest BCUT2D eigenvalue weighted by molar-refractivity contribution is -0.139. The number of esters is 1. The number of hydrogen-bond donors (Lipinski definition) is 1. The summed E-state index contributed by atoms with van der Waals surface area (Å²) in [4.78, 5) is 26.8. The maximum Gasteiger partial charge on any atom is 0.336 e. The van der Waals surface area contributed by atoms with Gasteiger partial charge in [-0.25, -0.2) is 4.79 Å². The zero-order chi connectivity index (χ0) is 24.3. The molecular formula is C26H35NO6. The van der Waals surface area contributed by atoms with Crippen LogP contribution in [0.3, 0.4) is 0 Å². The molecule has 0 saturated carbocycles. The zero-order valence-corrected chi connectivity index (χ0v) is 20.7. The van der Waals surface area contributed by atoms with Crippen LogP contribution in [0.2, 0.25) is 0 Å². The predicted molar refractivity (Wildman–Crippen MR) is 126 cm³/mol. The van der Waals surface area contributed by atoms with Crippen LogP contribution in [0.15, 0.2) is 34.7 Å². The molecule has 1 aromatic carbocycles. The summed E-state index contributed by atoms with van der Waals surface area (Å²) in [5.74, 6) is 0.304. The molecule has 0 unspecified atom stereocenters. The minimum absolute atomic E-state index is 0.0157. The second kappa shape index (κ2) is 9.89. The molecule has 1 aliphatic heterocycles. The number of unbranched alkanes of at least 4 members (excludes halogenated alkanes) is 1. The molecule has 7 nitrogen and oxygen atoms in total. The molecule has 33 heavy (non-hydrogen) atoms. The first-order valence-electron chi connectivity index (χ1n) is 11.4. The number of benzene rings is 1. The summed E-state index contributed by atoms with van der Waals surface area (Å²) in [7, 11) is 4.63. The van der Waals surface area contributed by atoms with Crippen LogP contribution < -0.4 is 19.5 Å². The molecule has 0 fully saturated rings. The van der Waals surface area contributed by atoms with Crippen LogP contribution in [0.4, 0.5) is 0 Å². The predicted octanol–water partition coefficient (Wildman–Crippen LogP) is 4.66. The highest BCUT2D eigenvalue weighted by molar-refractivity contribution is 6.04. The van der Waals surface area contributed by atoms with Gasteiger partial charge in [0.1, 0.15) is 0 Å². The van der Waals surface area contributed by atoms with Crippen LogP contribution in [-0.2, 0) is 14.3 Å². The van der Waals surface area contributed by atoms with Gasteiger partial charge in [0.25, 0.3) is 0 Å². The molecule has 2 aliphatic rings. The lowest BCUT2D eigenvalue weighted by Crippen LogP contribution is -2.38. The number of rotatable bonds is 8. The van der Waals surface area contributed by atoms with Gasteiger partial charge in [-0.2, -0.15) is 0 Å². The fourth-order valence-electron chi connectivity index (χ4n) is 4.76. The number of ketones is 1. The molecule has 0 spiro atoms. The third-order valence-corrected chi connectivity index (χ3v) is 6.24. The molecule has 180 valence electrons. The molecule has 0 bridgehead atoms. The highest BCUT2D eigenvalue weighted by Crippen LogP contribution is 2.51. The lowest BCUT2D eigenvalue weighted by Gasteiger charge is -2.39. The van der Waals surface area contributed by atoms with Crippen LogP contribution in [0.5, 0.6) is 17.2 Å². The monoisotopic (exact) mass is 457 g/mol. The van der Waals surface area contributed by atoms with E-state index in [1.165, 1.54) is 7.11 Å². The first kappa shape index (κ1) is 24.7. The molecule has 0 saturated heterocycles. The van der Waals surface area contributed by atoms with Gasteiger partial charge in [-0.1, -0.05) is 33.3 Å². The number of ether oxygens (including phenoxy) is 4. The Kier molecular flexibility index (Phi) is 7.40. The number of hydrogen-bond acceptors (Lipinski definition) is 7. The Labute approximate surface area is 196 Å². The average molecular weight is 458 g/mol. The molecule has 0 amide bonds. The van der Waals surface area contributed by atoms with E-state index in [1.54, 1.807) is 20.3 Å². The second-order valence-corrected chi connectivity index (χ2v) is 9.34. The number of Topliss-reactive ketones (excluding diaryl/α,β-unsaturated/α-hetero) is 1. The topological polar surface area (TPSA) is 83.1 Å². The van der Waals surface area contributed by atoms with E-state index >= 15 is 0 Å². The number of carbonyl (C=O) groups excluding carboxylic acids is 2. The summed E-state index contributed by atoms with van der Waals surface area (Å²) in [5.41, 5.74) is 3.03. The Morgan fingerprint density at radius 2 is 1.79 bits per heavy atom. The van der Waals surface area contributed by atoms with E-state index in [-0.39, 0.29) is 11.2 Å². The van der Waals surface area contributed by atoms with Crippen LogP contribution in [0.1, 0.15) is 64.9 Å². The summed E-state index contributed by atoms with van der Waals surface area (Å²) in [6.07, 6.45) is 2.79. The molecule has 1 aromatic rings. The first-order valence-corrected chi connectivity index (χ1v) is 11.4. The Morgan fingerprint density at radius 1 is 1.09 bits per heavy atom. The third kappa shape index (κ3) is 4.72. The highest BCUT2D eigenvalue weighted by Gasteiger charge is 2.44. The minimum atomic E-state index is -0.631. The zero-order valence-electron chi connectivity index (χ0n) is 20.7. The van der Waals surface area contributed by atoms with Crippen molar-refractivity contribution in [1.82, 2.24) is 5.32 Å². The van der Waals surface area contributed by atoms with Crippen molar-refractivity contribution in [2.45, 2.75) is 59.3 Å². The van der Waals surface area contributed by atoms with E-state index in [0.29, 0.717) is 59.1 Å². The molecule has 3 rings (SSSR count). The molecule has 0 radical (unpaired) electrons. The molecule has 1 atom stereocenters. The Hall–Kier alpha value is -2.96. The van der Waals surface area contributed by atoms with E-state index in [0.717, 1.165) is 18.5 Å². The SMILES string of the molecule is CCCCOC(=O)C1=C(C)NC2=C(C(=O)CC(C)(C)C2)[C@H]1c1ccc(OC)c(OC)c1OC. The molecular weight excluding hydrogens is 422 g/mol. The van der Waals surface area contributed by atoms with Crippen LogP contribution in [0.25, 0.3) is 0 Å². The number of allylic oxidation sites excluding steroid dienone is 3. The average Bonchev–Trinajstić information content (AvgIpc) is 2.76. The number of carbonyl (C=O) groups is 2. The number of methoxy groups -OCH3 is 3. The van der Waals surface area contributed by atoms with E-state index in [1.807, 2.05) is 19.9 Å². The molecule has 0 aromatic heterocycles. The first-order chi connectivity index (χ1) is 15.7. The van der Waals surface area contributed by atoms with Gasteiger partial charge in [-0.15, -0.1) is 0 Å². The summed E-state index contributed by atoms with van der Waals surface area (Å²) < 4.78 is 22.4. The van der Waals surface area contributed by atoms with Crippen molar-refractivity contribution in [3.05, 3.63) is 40.2 Å². The van der Waals surface area contributed by atoms with Gasteiger partial charge in [0.05, 0.1) is 39.4 Å². The molecule has 1 N–H and O–H groups in total. The van der Waals surface area contributed by atoms with Crippen molar-refractivity contribution in [2.24, 2.45) is 5.41 Å². The number of dihydropyridines is 1. The summed E-state index contributed by atoms with van der Waals surface area (Å²) >= 11 is 0. The smallest absolute Gasteiger partial charge is 0.336 e. The van der Waals surface area contributed by atoms with Gasteiger partial charge >= 0.3 is 5.97 Å². The van der Waals surface area contributed by atoms with Crippen molar-refractivity contribution in [1.29, 1.82) is 0 Å². The molecule has 1 aliphatic carbocycles. The van der Waals surface area contributed by atoms with Gasteiger partial charge in [0.2, 0.25) is 5.75 Å². The van der Waals surface area contributed by atoms with Gasteiger partial charge in [-0.05, 0) is 31.2 Å². The minimum Gasteiger partial charge on any atom is -0.493 e. The number of nitrogens with one attached hydrogen (secondary N) is 1. The van der Waals surface area contributed by atoms with E-state index in [4.69, 9.17) is 18.9 Å². The molecule has 1 heterocycles. The standard InChI is InChI=1S/C26H35NO6/c1-8-9-12-33-25(29)20-15(2)27-17-13-26(3,4)14-18(28)22(17)21(20)16-10-11-19(30-5)24(32-7)23(16)31-6/h10-11,21,27H,8-9,12-14H2,1-7H3/t21-/m0/s1. The second-order valence-electron chi connectivity index (χ2n) is 9.34. The Balaban J connectivity index is 2.23. The fourth-order valence-corrected chi connectivity index (χ4v) is 4.76. The van der Waals surface area contributed by atoms with Crippen molar-refractivity contribution >= 4 is 11.8 Å². The Morgan fingerprint density at radius 3 is 2.39 bits per heavy atom. The van der Waals surface area contributed by atoms with Crippen molar-refractivity contribution in [3.63, 3.8) is 0 Å². The van der Waals surface area contributed by atoms with Crippen LogP contribution >= 0.6 is 0 Å².